The van der Waals surface area contributed by atoms with E-state index in [0.29, 0.717) is 42.6 Å². The molecule has 1 aromatic heterocycles. The Balaban J connectivity index is 1.75. The summed E-state index contributed by atoms with van der Waals surface area (Å²) in [6, 6.07) is 12.9. The van der Waals surface area contributed by atoms with E-state index in [4.69, 9.17) is 9.47 Å². The maximum Gasteiger partial charge on any atom is 0.254 e. The number of rotatable bonds is 8. The SMILES string of the molecule is CCOc1ccc(CN(CC)C(=O)c2ccc(-c3nn[nH]n3)cc2)cc1OC. The van der Waals surface area contributed by atoms with Gasteiger partial charge in [0.25, 0.3) is 5.91 Å². The van der Waals surface area contributed by atoms with Crippen LogP contribution >= 0.6 is 0 Å². The van der Waals surface area contributed by atoms with Gasteiger partial charge in [-0.1, -0.05) is 18.2 Å². The normalized spacial score (nSPS) is 10.5. The number of benzene rings is 2. The molecule has 2 aromatic carbocycles. The number of methoxy groups -OCH3 is 1. The first-order chi connectivity index (χ1) is 13.7. The minimum absolute atomic E-state index is 0.0463. The van der Waals surface area contributed by atoms with Crippen LogP contribution in [0.2, 0.25) is 0 Å². The molecular weight excluding hydrogens is 358 g/mol. The molecule has 0 unspecified atom stereocenters. The van der Waals surface area contributed by atoms with Crippen LogP contribution in [0.1, 0.15) is 29.8 Å². The van der Waals surface area contributed by atoms with Crippen molar-refractivity contribution in [2.24, 2.45) is 0 Å². The van der Waals surface area contributed by atoms with E-state index in [1.807, 2.05) is 44.2 Å². The van der Waals surface area contributed by atoms with Crippen LogP contribution in [0, 0.1) is 0 Å². The first-order valence-corrected chi connectivity index (χ1v) is 9.09. The standard InChI is InChI=1S/C20H23N5O3/c1-4-25(13-14-6-11-17(28-5-2)18(12-14)27-3)20(26)16-9-7-15(8-10-16)19-21-23-24-22-19/h6-12H,4-5,13H2,1-3H3,(H,21,22,23,24). The van der Waals surface area contributed by atoms with Crippen molar-refractivity contribution in [1.29, 1.82) is 0 Å². The zero-order chi connectivity index (χ0) is 19.9. The van der Waals surface area contributed by atoms with Gasteiger partial charge in [0.1, 0.15) is 0 Å². The molecule has 1 N–H and O–H groups in total. The Morgan fingerprint density at radius 2 is 1.89 bits per heavy atom. The second-order valence-corrected chi connectivity index (χ2v) is 6.05. The fourth-order valence-electron chi connectivity index (χ4n) is 2.86. The molecule has 1 heterocycles. The first kappa shape index (κ1) is 19.3. The zero-order valence-electron chi connectivity index (χ0n) is 16.2. The van der Waals surface area contributed by atoms with Crippen LogP contribution in [0.4, 0.5) is 0 Å². The minimum atomic E-state index is -0.0463. The summed E-state index contributed by atoms with van der Waals surface area (Å²) < 4.78 is 10.9. The second-order valence-electron chi connectivity index (χ2n) is 6.05. The summed E-state index contributed by atoms with van der Waals surface area (Å²) in [7, 11) is 1.61. The Morgan fingerprint density at radius 3 is 2.50 bits per heavy atom. The number of aromatic amines is 1. The molecule has 0 aliphatic heterocycles. The fourth-order valence-corrected chi connectivity index (χ4v) is 2.86. The van der Waals surface area contributed by atoms with Crippen LogP contribution in [0.25, 0.3) is 11.4 Å². The number of ether oxygens (including phenoxy) is 2. The van der Waals surface area contributed by atoms with Gasteiger partial charge in [0.05, 0.1) is 13.7 Å². The Hall–Kier alpha value is -3.42. The van der Waals surface area contributed by atoms with Crippen molar-refractivity contribution in [2.75, 3.05) is 20.3 Å². The summed E-state index contributed by atoms with van der Waals surface area (Å²) in [5.74, 6) is 1.80. The molecule has 0 radical (unpaired) electrons. The fraction of sp³-hybridized carbons (Fsp3) is 0.300. The lowest BCUT2D eigenvalue weighted by atomic mass is 10.1. The molecule has 0 atom stereocenters. The number of hydrogen-bond acceptors (Lipinski definition) is 6. The van der Waals surface area contributed by atoms with Gasteiger partial charge in [-0.05, 0) is 48.9 Å². The van der Waals surface area contributed by atoms with Crippen molar-refractivity contribution in [2.45, 2.75) is 20.4 Å². The maximum atomic E-state index is 12.9. The van der Waals surface area contributed by atoms with Gasteiger partial charge in [-0.2, -0.15) is 5.21 Å². The van der Waals surface area contributed by atoms with Gasteiger partial charge in [-0.25, -0.2) is 0 Å². The topological polar surface area (TPSA) is 93.2 Å². The summed E-state index contributed by atoms with van der Waals surface area (Å²) >= 11 is 0. The van der Waals surface area contributed by atoms with E-state index < -0.39 is 0 Å². The van der Waals surface area contributed by atoms with Gasteiger partial charge >= 0.3 is 0 Å². The average molecular weight is 381 g/mol. The number of tetrazole rings is 1. The molecule has 8 nitrogen and oxygen atoms in total. The largest absolute Gasteiger partial charge is 0.493 e. The van der Waals surface area contributed by atoms with E-state index in [2.05, 4.69) is 20.6 Å². The lowest BCUT2D eigenvalue weighted by Gasteiger charge is -2.22. The average Bonchev–Trinajstić information content (AvgIpc) is 3.27. The predicted octanol–water partition coefficient (Wildman–Crippen LogP) is 2.94. The molecule has 0 saturated carbocycles. The Morgan fingerprint density at radius 1 is 1.11 bits per heavy atom. The molecular formula is C20H23N5O3. The van der Waals surface area contributed by atoms with Crippen LogP contribution in [0.15, 0.2) is 42.5 Å². The van der Waals surface area contributed by atoms with Crippen molar-refractivity contribution in [3.05, 3.63) is 53.6 Å². The molecule has 3 aromatic rings. The molecule has 1 amide bonds. The monoisotopic (exact) mass is 381 g/mol. The summed E-state index contributed by atoms with van der Waals surface area (Å²) in [6.07, 6.45) is 0. The molecule has 3 rings (SSSR count). The number of nitrogens with zero attached hydrogens (tertiary/aromatic N) is 4. The molecule has 0 aliphatic carbocycles. The third kappa shape index (κ3) is 4.28. The van der Waals surface area contributed by atoms with Gasteiger partial charge in [-0.3, -0.25) is 4.79 Å². The van der Waals surface area contributed by atoms with E-state index >= 15 is 0 Å². The van der Waals surface area contributed by atoms with Crippen molar-refractivity contribution in [3.63, 3.8) is 0 Å². The maximum absolute atomic E-state index is 12.9. The number of nitrogens with one attached hydrogen (secondary N) is 1. The van der Waals surface area contributed by atoms with Crippen molar-refractivity contribution in [1.82, 2.24) is 25.5 Å². The quantitative estimate of drug-likeness (QED) is 0.645. The minimum Gasteiger partial charge on any atom is -0.493 e. The number of amides is 1. The highest BCUT2D eigenvalue weighted by molar-refractivity contribution is 5.94. The number of H-pyrrole nitrogens is 1. The smallest absolute Gasteiger partial charge is 0.254 e. The molecule has 0 spiro atoms. The van der Waals surface area contributed by atoms with Gasteiger partial charge in [0.15, 0.2) is 11.5 Å². The van der Waals surface area contributed by atoms with Gasteiger partial charge in [0, 0.05) is 24.2 Å². The summed E-state index contributed by atoms with van der Waals surface area (Å²) in [5.41, 5.74) is 2.37. The van der Waals surface area contributed by atoms with Crippen LogP contribution in [0.3, 0.4) is 0 Å². The van der Waals surface area contributed by atoms with Crippen molar-refractivity contribution < 1.29 is 14.3 Å². The molecule has 0 saturated heterocycles. The molecule has 0 fully saturated rings. The third-order valence-electron chi connectivity index (χ3n) is 4.31. The van der Waals surface area contributed by atoms with Crippen molar-refractivity contribution in [3.8, 4) is 22.9 Å². The van der Waals surface area contributed by atoms with Crippen LogP contribution in [-0.4, -0.2) is 51.7 Å². The number of carbonyl (C=O) groups is 1. The lowest BCUT2D eigenvalue weighted by Crippen LogP contribution is -2.30. The highest BCUT2D eigenvalue weighted by atomic mass is 16.5. The molecule has 0 bridgehead atoms. The number of carbonyl (C=O) groups excluding carboxylic acids is 1. The molecule has 0 aliphatic rings. The van der Waals surface area contributed by atoms with E-state index in [1.165, 1.54) is 0 Å². The zero-order valence-corrected chi connectivity index (χ0v) is 16.2. The molecule has 28 heavy (non-hydrogen) atoms. The first-order valence-electron chi connectivity index (χ1n) is 9.09. The number of hydrogen-bond donors (Lipinski definition) is 1. The predicted molar refractivity (Wildman–Crippen MR) is 104 cm³/mol. The van der Waals surface area contributed by atoms with Crippen LogP contribution < -0.4 is 9.47 Å². The van der Waals surface area contributed by atoms with Crippen LogP contribution in [0.5, 0.6) is 11.5 Å². The summed E-state index contributed by atoms with van der Waals surface area (Å²) in [4.78, 5) is 14.7. The molecule has 146 valence electrons. The van der Waals surface area contributed by atoms with Crippen molar-refractivity contribution >= 4 is 5.91 Å². The van der Waals surface area contributed by atoms with Gasteiger partial charge < -0.3 is 14.4 Å². The van der Waals surface area contributed by atoms with Gasteiger partial charge in [-0.15, -0.1) is 10.2 Å². The van der Waals surface area contributed by atoms with E-state index in [-0.39, 0.29) is 5.91 Å². The highest BCUT2D eigenvalue weighted by Gasteiger charge is 2.16. The van der Waals surface area contributed by atoms with E-state index in [9.17, 15) is 4.79 Å². The van der Waals surface area contributed by atoms with Gasteiger partial charge in [0.2, 0.25) is 5.82 Å². The van der Waals surface area contributed by atoms with Crippen LogP contribution in [-0.2, 0) is 6.54 Å². The van der Waals surface area contributed by atoms with E-state index in [0.717, 1.165) is 11.1 Å². The second kappa shape index (κ2) is 8.98. The number of aromatic nitrogens is 4. The third-order valence-corrected chi connectivity index (χ3v) is 4.31. The molecule has 8 heteroatoms. The highest BCUT2D eigenvalue weighted by Crippen LogP contribution is 2.28. The van der Waals surface area contributed by atoms with E-state index in [1.54, 1.807) is 24.1 Å². The Labute approximate surface area is 163 Å². The summed E-state index contributed by atoms with van der Waals surface area (Å²) in [6.45, 7) is 5.51. The Kier molecular flexibility index (Phi) is 6.21. The summed E-state index contributed by atoms with van der Waals surface area (Å²) in [5, 5.41) is 13.8. The Bertz CT molecular complexity index is 910. The lowest BCUT2D eigenvalue weighted by molar-refractivity contribution is 0.0752.